The molecule has 2 rings (SSSR count). The Kier molecular flexibility index (Phi) is 5.61. The lowest BCUT2D eigenvalue weighted by atomic mass is 10.0. The third kappa shape index (κ3) is 4.37. The van der Waals surface area contributed by atoms with Crippen molar-refractivity contribution in [2.45, 2.75) is 31.8 Å². The second-order valence-corrected chi connectivity index (χ2v) is 5.62. The molecule has 0 saturated carbocycles. The van der Waals surface area contributed by atoms with Crippen LogP contribution in [0.4, 0.5) is 10.5 Å². The molecule has 1 aliphatic rings. The summed E-state index contributed by atoms with van der Waals surface area (Å²) in [5, 5.41) is 23.4. The van der Waals surface area contributed by atoms with Crippen molar-refractivity contribution in [1.82, 2.24) is 10.6 Å². The first-order valence-corrected chi connectivity index (χ1v) is 7.55. The van der Waals surface area contributed by atoms with Gasteiger partial charge in [-0.3, -0.25) is 0 Å². The minimum atomic E-state index is -0.237. The standard InChI is InChI=1S/C16H22N4O2/c1-12(11-21)18-16(22)19-14-6-8-20(9-7-14)15-4-2-13(10-17)3-5-15/h2-5,12,14,21H,6-9,11H2,1H3,(H2,18,19,22). The first-order valence-electron chi connectivity index (χ1n) is 7.55. The molecule has 6 heteroatoms. The van der Waals surface area contributed by atoms with E-state index in [-0.39, 0.29) is 24.7 Å². The lowest BCUT2D eigenvalue weighted by Crippen LogP contribution is -2.50. The molecule has 1 heterocycles. The molecule has 2 amide bonds. The lowest BCUT2D eigenvalue weighted by Gasteiger charge is -2.34. The molecule has 0 radical (unpaired) electrons. The van der Waals surface area contributed by atoms with E-state index >= 15 is 0 Å². The summed E-state index contributed by atoms with van der Waals surface area (Å²) in [5.41, 5.74) is 1.77. The molecule has 0 spiro atoms. The third-order valence-corrected chi connectivity index (χ3v) is 3.84. The van der Waals surface area contributed by atoms with E-state index in [9.17, 15) is 4.79 Å². The maximum Gasteiger partial charge on any atom is 0.315 e. The van der Waals surface area contributed by atoms with Gasteiger partial charge in [0.05, 0.1) is 24.3 Å². The maximum absolute atomic E-state index is 11.7. The predicted octanol–water partition coefficient (Wildman–Crippen LogP) is 1.21. The van der Waals surface area contributed by atoms with Crippen LogP contribution in [0.15, 0.2) is 24.3 Å². The van der Waals surface area contributed by atoms with Gasteiger partial charge in [0.2, 0.25) is 0 Å². The number of carbonyl (C=O) groups excluding carboxylic acids is 1. The molecule has 6 nitrogen and oxygen atoms in total. The van der Waals surface area contributed by atoms with E-state index < -0.39 is 0 Å². The SMILES string of the molecule is CC(CO)NC(=O)NC1CCN(c2ccc(C#N)cc2)CC1. The zero-order valence-electron chi connectivity index (χ0n) is 12.7. The van der Waals surface area contributed by atoms with E-state index in [1.807, 2.05) is 24.3 Å². The molecule has 0 aromatic heterocycles. The summed E-state index contributed by atoms with van der Waals surface area (Å²) in [4.78, 5) is 14.0. The fourth-order valence-electron chi connectivity index (χ4n) is 2.53. The molecule has 3 N–H and O–H groups in total. The normalized spacial score (nSPS) is 16.7. The van der Waals surface area contributed by atoms with Crippen LogP contribution in [0.5, 0.6) is 0 Å². The number of nitrogens with zero attached hydrogens (tertiary/aromatic N) is 2. The van der Waals surface area contributed by atoms with Crippen molar-refractivity contribution >= 4 is 11.7 Å². The van der Waals surface area contributed by atoms with E-state index in [0.717, 1.165) is 31.6 Å². The van der Waals surface area contributed by atoms with E-state index in [2.05, 4.69) is 21.6 Å². The minimum Gasteiger partial charge on any atom is -0.394 e. The van der Waals surface area contributed by atoms with Crippen molar-refractivity contribution in [1.29, 1.82) is 5.26 Å². The zero-order chi connectivity index (χ0) is 15.9. The number of carbonyl (C=O) groups is 1. The van der Waals surface area contributed by atoms with Crippen molar-refractivity contribution in [2.75, 3.05) is 24.6 Å². The lowest BCUT2D eigenvalue weighted by molar-refractivity contribution is 0.215. The molecule has 0 bridgehead atoms. The Labute approximate surface area is 130 Å². The molecule has 1 aromatic rings. The molecule has 1 aliphatic heterocycles. The van der Waals surface area contributed by atoms with E-state index in [4.69, 9.17) is 10.4 Å². The van der Waals surface area contributed by atoms with Gasteiger partial charge >= 0.3 is 6.03 Å². The Hall–Kier alpha value is -2.26. The number of aliphatic hydroxyl groups excluding tert-OH is 1. The molecule has 1 unspecified atom stereocenters. The van der Waals surface area contributed by atoms with Gasteiger partial charge in [0, 0.05) is 24.8 Å². The number of benzene rings is 1. The Morgan fingerprint density at radius 2 is 2.05 bits per heavy atom. The van der Waals surface area contributed by atoms with Gasteiger partial charge in [-0.15, -0.1) is 0 Å². The Balaban J connectivity index is 1.80. The summed E-state index contributed by atoms with van der Waals surface area (Å²) < 4.78 is 0. The highest BCUT2D eigenvalue weighted by molar-refractivity contribution is 5.74. The van der Waals surface area contributed by atoms with Gasteiger partial charge in [0.15, 0.2) is 0 Å². The van der Waals surface area contributed by atoms with Crippen LogP contribution in [0.2, 0.25) is 0 Å². The largest absolute Gasteiger partial charge is 0.394 e. The number of anilines is 1. The number of hydrogen-bond donors (Lipinski definition) is 3. The number of piperidine rings is 1. The van der Waals surface area contributed by atoms with Crippen molar-refractivity contribution < 1.29 is 9.90 Å². The second-order valence-electron chi connectivity index (χ2n) is 5.62. The van der Waals surface area contributed by atoms with Crippen LogP contribution < -0.4 is 15.5 Å². The predicted molar refractivity (Wildman–Crippen MR) is 84.6 cm³/mol. The molecule has 118 valence electrons. The Morgan fingerprint density at radius 1 is 1.41 bits per heavy atom. The first kappa shape index (κ1) is 16.1. The molecular weight excluding hydrogens is 280 g/mol. The summed E-state index contributed by atoms with van der Waals surface area (Å²) in [5.74, 6) is 0. The van der Waals surface area contributed by atoms with Gasteiger partial charge in [-0.1, -0.05) is 0 Å². The number of aliphatic hydroxyl groups is 1. The maximum atomic E-state index is 11.7. The quantitative estimate of drug-likeness (QED) is 0.780. The van der Waals surface area contributed by atoms with E-state index in [0.29, 0.717) is 5.56 Å². The molecular formula is C16H22N4O2. The number of nitriles is 1. The zero-order valence-corrected chi connectivity index (χ0v) is 12.7. The average molecular weight is 302 g/mol. The molecule has 22 heavy (non-hydrogen) atoms. The number of rotatable bonds is 4. The summed E-state index contributed by atoms with van der Waals surface area (Å²) in [6.45, 7) is 3.43. The van der Waals surface area contributed by atoms with Crippen molar-refractivity contribution in [2.24, 2.45) is 0 Å². The monoisotopic (exact) mass is 302 g/mol. The minimum absolute atomic E-state index is 0.0649. The summed E-state index contributed by atoms with van der Waals surface area (Å²) in [6.07, 6.45) is 1.75. The highest BCUT2D eigenvalue weighted by Gasteiger charge is 2.21. The Bertz CT molecular complexity index is 530. The number of hydrogen-bond acceptors (Lipinski definition) is 4. The molecule has 0 aliphatic carbocycles. The van der Waals surface area contributed by atoms with Crippen LogP contribution in [0, 0.1) is 11.3 Å². The van der Waals surface area contributed by atoms with Gasteiger partial charge in [0.1, 0.15) is 0 Å². The third-order valence-electron chi connectivity index (χ3n) is 3.84. The van der Waals surface area contributed by atoms with Crippen molar-refractivity contribution in [3.8, 4) is 6.07 Å². The Morgan fingerprint density at radius 3 is 2.59 bits per heavy atom. The molecule has 1 saturated heterocycles. The molecule has 1 atom stereocenters. The van der Waals surface area contributed by atoms with Crippen LogP contribution in [0.25, 0.3) is 0 Å². The summed E-state index contributed by atoms with van der Waals surface area (Å²) in [6, 6.07) is 9.37. The fourth-order valence-corrected chi connectivity index (χ4v) is 2.53. The van der Waals surface area contributed by atoms with Gasteiger partial charge in [0.25, 0.3) is 0 Å². The van der Waals surface area contributed by atoms with Gasteiger partial charge < -0.3 is 20.6 Å². The van der Waals surface area contributed by atoms with Crippen LogP contribution in [-0.2, 0) is 0 Å². The smallest absolute Gasteiger partial charge is 0.315 e. The van der Waals surface area contributed by atoms with Crippen molar-refractivity contribution in [3.05, 3.63) is 29.8 Å². The van der Waals surface area contributed by atoms with Crippen LogP contribution in [0.3, 0.4) is 0 Å². The molecule has 1 fully saturated rings. The van der Waals surface area contributed by atoms with Crippen LogP contribution in [0.1, 0.15) is 25.3 Å². The van der Waals surface area contributed by atoms with Gasteiger partial charge in [-0.2, -0.15) is 5.26 Å². The number of urea groups is 1. The summed E-state index contributed by atoms with van der Waals surface area (Å²) in [7, 11) is 0. The number of nitrogens with one attached hydrogen (secondary N) is 2. The highest BCUT2D eigenvalue weighted by atomic mass is 16.3. The molecule has 1 aromatic carbocycles. The second kappa shape index (κ2) is 7.66. The van der Waals surface area contributed by atoms with E-state index in [1.54, 1.807) is 6.92 Å². The summed E-state index contributed by atoms with van der Waals surface area (Å²) >= 11 is 0. The highest BCUT2D eigenvalue weighted by Crippen LogP contribution is 2.20. The number of amides is 2. The van der Waals surface area contributed by atoms with Crippen LogP contribution in [-0.4, -0.2) is 42.9 Å². The van der Waals surface area contributed by atoms with Gasteiger partial charge in [-0.05, 0) is 44.0 Å². The fraction of sp³-hybridized carbons (Fsp3) is 0.500. The van der Waals surface area contributed by atoms with E-state index in [1.165, 1.54) is 0 Å². The topological polar surface area (TPSA) is 88.4 Å². The van der Waals surface area contributed by atoms with Crippen LogP contribution >= 0.6 is 0 Å². The first-order chi connectivity index (χ1) is 10.6. The van der Waals surface area contributed by atoms with Crippen molar-refractivity contribution in [3.63, 3.8) is 0 Å². The average Bonchev–Trinajstić information content (AvgIpc) is 2.55. The van der Waals surface area contributed by atoms with Gasteiger partial charge in [-0.25, -0.2) is 4.79 Å².